The molecule has 1 amide bonds. The molecule has 1 rings (SSSR count). The average Bonchev–Trinajstić information content (AvgIpc) is 2.29. The van der Waals surface area contributed by atoms with Crippen molar-refractivity contribution in [1.29, 1.82) is 0 Å². The van der Waals surface area contributed by atoms with Crippen LogP contribution in [0.15, 0.2) is 18.3 Å². The first-order valence-corrected chi connectivity index (χ1v) is 5.76. The Morgan fingerprint density at radius 1 is 1.65 bits per heavy atom. The van der Waals surface area contributed by atoms with Crippen molar-refractivity contribution in [3.63, 3.8) is 0 Å². The second kappa shape index (κ2) is 7.21. The largest absolute Gasteiger partial charge is 0.395 e. The summed E-state index contributed by atoms with van der Waals surface area (Å²) in [5.41, 5.74) is 0.508. The lowest BCUT2D eigenvalue weighted by molar-refractivity contribution is -0.116. The van der Waals surface area contributed by atoms with Crippen LogP contribution >= 0.6 is 11.6 Å². The van der Waals surface area contributed by atoms with Crippen molar-refractivity contribution in [3.05, 3.63) is 23.5 Å². The third kappa shape index (κ3) is 5.12. The predicted octanol–water partition coefficient (Wildman–Crippen LogP) is 1.03. The summed E-state index contributed by atoms with van der Waals surface area (Å²) in [6, 6.07) is 3.39. The molecule has 0 aliphatic carbocycles. The smallest absolute Gasteiger partial charge is 0.226 e. The number of rotatable bonds is 6. The molecule has 0 bridgehead atoms. The van der Waals surface area contributed by atoms with Crippen LogP contribution in [0.5, 0.6) is 0 Å². The number of hydrogen-bond acceptors (Lipinski definition) is 4. The first-order chi connectivity index (χ1) is 8.13. The highest BCUT2D eigenvalue weighted by molar-refractivity contribution is 6.32. The second-order valence-electron chi connectivity index (χ2n) is 3.67. The van der Waals surface area contributed by atoms with Crippen LogP contribution in [0.2, 0.25) is 5.15 Å². The van der Waals surface area contributed by atoms with Gasteiger partial charge in [0.05, 0.1) is 12.3 Å². The van der Waals surface area contributed by atoms with E-state index in [-0.39, 0.29) is 23.7 Å². The highest BCUT2D eigenvalue weighted by Gasteiger charge is 2.10. The summed E-state index contributed by atoms with van der Waals surface area (Å²) >= 11 is 5.81. The number of carbonyl (C=O) groups excluding carboxylic acids is 1. The number of pyridine rings is 1. The number of aliphatic hydroxyl groups is 1. The summed E-state index contributed by atoms with van der Waals surface area (Å²) in [6.45, 7) is 2.41. The molecule has 17 heavy (non-hydrogen) atoms. The van der Waals surface area contributed by atoms with Crippen LogP contribution in [0.4, 0.5) is 5.69 Å². The summed E-state index contributed by atoms with van der Waals surface area (Å²) < 4.78 is 0. The third-order valence-electron chi connectivity index (χ3n) is 2.13. The second-order valence-corrected chi connectivity index (χ2v) is 4.03. The van der Waals surface area contributed by atoms with Gasteiger partial charge in [0.25, 0.3) is 0 Å². The van der Waals surface area contributed by atoms with Crippen LogP contribution in [0.25, 0.3) is 0 Å². The number of aromatic nitrogens is 1. The van der Waals surface area contributed by atoms with Gasteiger partial charge in [-0.1, -0.05) is 11.6 Å². The van der Waals surface area contributed by atoms with Crippen molar-refractivity contribution in [1.82, 2.24) is 10.3 Å². The number of anilines is 1. The molecule has 0 aromatic carbocycles. The molecule has 94 valence electrons. The van der Waals surface area contributed by atoms with E-state index in [1.807, 2.05) is 6.92 Å². The molecule has 1 unspecified atom stereocenters. The van der Waals surface area contributed by atoms with Crippen LogP contribution < -0.4 is 10.6 Å². The highest BCUT2D eigenvalue weighted by atomic mass is 35.5. The minimum Gasteiger partial charge on any atom is -0.395 e. The monoisotopic (exact) mass is 257 g/mol. The first kappa shape index (κ1) is 13.9. The van der Waals surface area contributed by atoms with Crippen molar-refractivity contribution < 1.29 is 9.90 Å². The number of carbonyl (C=O) groups is 1. The topological polar surface area (TPSA) is 74.2 Å². The quantitative estimate of drug-likeness (QED) is 0.666. The minimum atomic E-state index is -0.141. The molecular formula is C11H16ClN3O2. The summed E-state index contributed by atoms with van der Waals surface area (Å²) in [4.78, 5) is 15.5. The van der Waals surface area contributed by atoms with Crippen LogP contribution in [-0.2, 0) is 4.79 Å². The molecule has 0 aliphatic heterocycles. The maximum Gasteiger partial charge on any atom is 0.226 e. The van der Waals surface area contributed by atoms with Crippen molar-refractivity contribution in [3.8, 4) is 0 Å². The number of nitrogens with one attached hydrogen (secondary N) is 2. The Morgan fingerprint density at radius 3 is 3.06 bits per heavy atom. The van der Waals surface area contributed by atoms with Gasteiger partial charge in [0.1, 0.15) is 0 Å². The summed E-state index contributed by atoms with van der Waals surface area (Å²) in [5, 5.41) is 14.6. The van der Waals surface area contributed by atoms with Gasteiger partial charge in [-0.25, -0.2) is 4.98 Å². The molecule has 0 saturated heterocycles. The molecule has 1 aromatic heterocycles. The van der Waals surface area contributed by atoms with Gasteiger partial charge < -0.3 is 15.7 Å². The molecule has 0 fully saturated rings. The van der Waals surface area contributed by atoms with Gasteiger partial charge in [-0.3, -0.25) is 4.79 Å². The summed E-state index contributed by atoms with van der Waals surface area (Å²) in [6.07, 6.45) is 1.87. The van der Waals surface area contributed by atoms with Crippen molar-refractivity contribution in [2.45, 2.75) is 19.4 Å². The van der Waals surface area contributed by atoms with E-state index in [2.05, 4.69) is 15.6 Å². The molecule has 3 N–H and O–H groups in total. The number of hydrogen-bond donors (Lipinski definition) is 3. The summed E-state index contributed by atoms with van der Waals surface area (Å²) in [5.74, 6) is -0.141. The Kier molecular flexibility index (Phi) is 5.90. The minimum absolute atomic E-state index is 0.00223. The van der Waals surface area contributed by atoms with Gasteiger partial charge in [-0.2, -0.15) is 0 Å². The van der Waals surface area contributed by atoms with Gasteiger partial charge in [0, 0.05) is 25.2 Å². The molecule has 5 nitrogen and oxygen atoms in total. The average molecular weight is 258 g/mol. The third-order valence-corrected chi connectivity index (χ3v) is 2.43. The van der Waals surface area contributed by atoms with E-state index in [1.165, 1.54) is 0 Å². The zero-order valence-electron chi connectivity index (χ0n) is 9.61. The van der Waals surface area contributed by atoms with E-state index in [4.69, 9.17) is 16.7 Å². The van der Waals surface area contributed by atoms with E-state index < -0.39 is 0 Å². The van der Waals surface area contributed by atoms with Gasteiger partial charge in [-0.15, -0.1) is 0 Å². The van der Waals surface area contributed by atoms with Crippen LogP contribution in [0.3, 0.4) is 0 Å². The fourth-order valence-corrected chi connectivity index (χ4v) is 1.51. The fraction of sp³-hybridized carbons (Fsp3) is 0.455. The van der Waals surface area contributed by atoms with Gasteiger partial charge in [0.15, 0.2) is 5.15 Å². The Hall–Kier alpha value is -1.17. The normalized spacial score (nSPS) is 12.2. The van der Waals surface area contributed by atoms with Crippen molar-refractivity contribution in [2.24, 2.45) is 0 Å². The molecule has 1 aromatic rings. The summed E-state index contributed by atoms with van der Waals surface area (Å²) in [7, 11) is 0. The van der Waals surface area contributed by atoms with E-state index in [0.717, 1.165) is 0 Å². The molecule has 0 radical (unpaired) electrons. The fourth-order valence-electron chi connectivity index (χ4n) is 1.34. The van der Waals surface area contributed by atoms with Gasteiger partial charge in [-0.05, 0) is 19.1 Å². The Balaban J connectivity index is 2.42. The van der Waals surface area contributed by atoms with Crippen molar-refractivity contribution in [2.75, 3.05) is 18.5 Å². The standard InChI is InChI=1S/C11H16ClN3O2/c1-8(13-5-6-16)7-10(17)15-9-3-2-4-14-11(9)12/h2-4,8,13,16H,5-7H2,1H3,(H,15,17). The molecule has 1 heterocycles. The Bertz CT molecular complexity index is 373. The molecule has 1 atom stereocenters. The molecular weight excluding hydrogens is 242 g/mol. The molecule has 6 heteroatoms. The van der Waals surface area contributed by atoms with Crippen LogP contribution in [0.1, 0.15) is 13.3 Å². The maximum absolute atomic E-state index is 11.6. The van der Waals surface area contributed by atoms with Crippen LogP contribution in [-0.4, -0.2) is 35.2 Å². The number of nitrogens with zero attached hydrogens (tertiary/aromatic N) is 1. The Morgan fingerprint density at radius 2 is 2.41 bits per heavy atom. The van der Waals surface area contributed by atoms with Gasteiger partial charge in [0.2, 0.25) is 5.91 Å². The molecule has 0 aliphatic rings. The van der Waals surface area contributed by atoms with E-state index in [0.29, 0.717) is 18.7 Å². The van der Waals surface area contributed by atoms with Crippen LogP contribution in [0, 0.1) is 0 Å². The number of amides is 1. The van der Waals surface area contributed by atoms with Gasteiger partial charge >= 0.3 is 0 Å². The lowest BCUT2D eigenvalue weighted by Gasteiger charge is -2.13. The Labute approximate surface area is 105 Å². The van der Waals surface area contributed by atoms with E-state index >= 15 is 0 Å². The number of aliphatic hydroxyl groups excluding tert-OH is 1. The molecule has 0 saturated carbocycles. The lowest BCUT2D eigenvalue weighted by Crippen LogP contribution is -2.32. The van der Waals surface area contributed by atoms with E-state index in [1.54, 1.807) is 18.3 Å². The molecule has 0 spiro atoms. The van der Waals surface area contributed by atoms with E-state index in [9.17, 15) is 4.79 Å². The zero-order chi connectivity index (χ0) is 12.7. The highest BCUT2D eigenvalue weighted by Crippen LogP contribution is 2.17. The first-order valence-electron chi connectivity index (χ1n) is 5.38. The van der Waals surface area contributed by atoms with Crippen molar-refractivity contribution >= 4 is 23.2 Å². The lowest BCUT2D eigenvalue weighted by atomic mass is 10.2. The SMILES string of the molecule is CC(CC(=O)Nc1cccnc1Cl)NCCO. The predicted molar refractivity (Wildman–Crippen MR) is 67.0 cm³/mol. The zero-order valence-corrected chi connectivity index (χ0v) is 10.4. The number of halogens is 1. The maximum atomic E-state index is 11.6.